The molecule has 4 aromatic rings. The quantitative estimate of drug-likeness (QED) is 0.300. The first-order valence-corrected chi connectivity index (χ1v) is 11.7. The number of aromatic nitrogens is 2. The highest BCUT2D eigenvalue weighted by molar-refractivity contribution is 5.87. The number of hydrogen-bond acceptors (Lipinski definition) is 6. The molecule has 0 bridgehead atoms. The van der Waals surface area contributed by atoms with E-state index in [4.69, 9.17) is 5.73 Å². The summed E-state index contributed by atoms with van der Waals surface area (Å²) >= 11 is 0. The second kappa shape index (κ2) is 10.1. The summed E-state index contributed by atoms with van der Waals surface area (Å²) in [6.07, 6.45) is 0. The molecule has 0 aliphatic heterocycles. The lowest BCUT2D eigenvalue weighted by atomic mass is 9.94. The number of para-hydroxylation sites is 1. The van der Waals surface area contributed by atoms with Crippen LogP contribution in [0.15, 0.2) is 75.7 Å². The number of aryl methyl sites for hydroxylation is 3. The summed E-state index contributed by atoms with van der Waals surface area (Å²) in [4.78, 5) is 24.9. The molecule has 8 nitrogen and oxygen atoms in total. The van der Waals surface area contributed by atoms with Gasteiger partial charge in [-0.15, -0.1) is 10.2 Å². The standard InChI is InChI=1S/C28H29N5O3/c1-16-8-13-22(14-17(16)2)33-28(36)26(19(4)32-33)31-30-24-7-5-6-23(27(24)35)21-11-9-20(10-12-21)18(3)25(34)15-29/h5-14,18,32,35H,15,29H2,1-4H3. The maximum Gasteiger partial charge on any atom is 0.299 e. The van der Waals surface area contributed by atoms with Crippen LogP contribution in [-0.2, 0) is 4.79 Å². The van der Waals surface area contributed by atoms with Crippen LogP contribution in [0.25, 0.3) is 16.8 Å². The Labute approximate surface area is 209 Å². The molecule has 36 heavy (non-hydrogen) atoms. The van der Waals surface area contributed by atoms with Crippen molar-refractivity contribution in [1.29, 1.82) is 0 Å². The summed E-state index contributed by atoms with van der Waals surface area (Å²) in [6.45, 7) is 7.57. The number of phenols is 1. The molecule has 184 valence electrons. The molecular weight excluding hydrogens is 454 g/mol. The van der Waals surface area contributed by atoms with Gasteiger partial charge in [-0.2, -0.15) is 0 Å². The lowest BCUT2D eigenvalue weighted by Gasteiger charge is -2.11. The third kappa shape index (κ3) is 4.76. The van der Waals surface area contributed by atoms with E-state index in [1.807, 2.05) is 63.2 Å². The summed E-state index contributed by atoms with van der Waals surface area (Å²) in [7, 11) is 0. The van der Waals surface area contributed by atoms with Crippen molar-refractivity contribution >= 4 is 17.2 Å². The fraction of sp³-hybridized carbons (Fsp3) is 0.214. The van der Waals surface area contributed by atoms with Crippen LogP contribution in [0.1, 0.15) is 35.2 Å². The summed E-state index contributed by atoms with van der Waals surface area (Å²) in [6, 6.07) is 18.3. The second-order valence-corrected chi connectivity index (χ2v) is 8.88. The van der Waals surface area contributed by atoms with Crippen molar-refractivity contribution in [2.45, 2.75) is 33.6 Å². The van der Waals surface area contributed by atoms with Crippen molar-refractivity contribution in [3.63, 3.8) is 0 Å². The van der Waals surface area contributed by atoms with E-state index in [1.165, 1.54) is 4.68 Å². The third-order valence-electron chi connectivity index (χ3n) is 6.47. The van der Waals surface area contributed by atoms with Gasteiger partial charge in [0.25, 0.3) is 5.56 Å². The number of nitrogens with zero attached hydrogens (tertiary/aromatic N) is 3. The Bertz CT molecular complexity index is 1510. The van der Waals surface area contributed by atoms with Crippen molar-refractivity contribution in [2.24, 2.45) is 16.0 Å². The highest BCUT2D eigenvalue weighted by atomic mass is 16.3. The highest BCUT2D eigenvalue weighted by Crippen LogP contribution is 2.38. The molecule has 0 aliphatic rings. The van der Waals surface area contributed by atoms with Gasteiger partial charge in [-0.3, -0.25) is 14.7 Å². The molecular formula is C28H29N5O3. The molecule has 1 atom stereocenters. The van der Waals surface area contributed by atoms with Crippen molar-refractivity contribution in [3.05, 3.63) is 93.4 Å². The molecule has 0 spiro atoms. The number of azo groups is 1. The summed E-state index contributed by atoms with van der Waals surface area (Å²) in [5, 5.41) is 22.3. The van der Waals surface area contributed by atoms with Crippen LogP contribution in [0.4, 0.5) is 11.4 Å². The van der Waals surface area contributed by atoms with Gasteiger partial charge in [0, 0.05) is 11.5 Å². The summed E-state index contributed by atoms with van der Waals surface area (Å²) < 4.78 is 1.43. The molecule has 0 fully saturated rings. The lowest BCUT2D eigenvalue weighted by molar-refractivity contribution is -0.118. The van der Waals surface area contributed by atoms with Gasteiger partial charge in [0.2, 0.25) is 0 Å². The second-order valence-electron chi connectivity index (χ2n) is 8.88. The number of H-pyrrole nitrogens is 1. The van der Waals surface area contributed by atoms with Crippen molar-refractivity contribution in [1.82, 2.24) is 9.78 Å². The minimum Gasteiger partial charge on any atom is -0.505 e. The van der Waals surface area contributed by atoms with Gasteiger partial charge in [-0.25, -0.2) is 4.68 Å². The monoisotopic (exact) mass is 483 g/mol. The number of carbonyl (C=O) groups excluding carboxylic acids is 1. The number of nitrogens with one attached hydrogen (secondary N) is 1. The Morgan fingerprint density at radius 3 is 2.42 bits per heavy atom. The maximum absolute atomic E-state index is 13.0. The predicted octanol–water partition coefficient (Wildman–Crippen LogP) is 5.51. The molecule has 1 unspecified atom stereocenters. The van der Waals surface area contributed by atoms with Gasteiger partial charge in [0.05, 0.1) is 17.9 Å². The van der Waals surface area contributed by atoms with Gasteiger partial charge in [-0.05, 0) is 61.2 Å². The van der Waals surface area contributed by atoms with Crippen LogP contribution >= 0.6 is 0 Å². The maximum atomic E-state index is 13.0. The zero-order valence-electron chi connectivity index (χ0n) is 20.7. The van der Waals surface area contributed by atoms with Gasteiger partial charge in [0.1, 0.15) is 5.69 Å². The molecule has 0 amide bonds. The first kappa shape index (κ1) is 24.8. The molecule has 0 aliphatic carbocycles. The molecule has 1 heterocycles. The number of Topliss-reactive ketones (excluding diaryl/α,β-unsaturated/α-hetero) is 1. The highest BCUT2D eigenvalue weighted by Gasteiger charge is 2.16. The predicted molar refractivity (Wildman–Crippen MR) is 141 cm³/mol. The van der Waals surface area contributed by atoms with E-state index in [9.17, 15) is 14.7 Å². The number of benzene rings is 3. The normalized spacial score (nSPS) is 12.2. The van der Waals surface area contributed by atoms with E-state index in [2.05, 4.69) is 15.3 Å². The number of aromatic amines is 1. The molecule has 4 N–H and O–H groups in total. The van der Waals surface area contributed by atoms with Crippen LogP contribution in [-0.4, -0.2) is 27.2 Å². The van der Waals surface area contributed by atoms with Crippen LogP contribution in [0.5, 0.6) is 5.75 Å². The van der Waals surface area contributed by atoms with E-state index >= 15 is 0 Å². The fourth-order valence-corrected chi connectivity index (χ4v) is 3.96. The SMILES string of the molecule is Cc1ccc(-n2[nH]c(C)c(N=Nc3cccc(-c4ccc(C(C)C(=O)CN)cc4)c3O)c2=O)cc1C. The largest absolute Gasteiger partial charge is 0.505 e. The number of nitrogens with two attached hydrogens (primary N) is 1. The van der Waals surface area contributed by atoms with E-state index in [-0.39, 0.29) is 40.9 Å². The Morgan fingerprint density at radius 2 is 1.75 bits per heavy atom. The van der Waals surface area contributed by atoms with Gasteiger partial charge >= 0.3 is 0 Å². The number of aromatic hydroxyl groups is 1. The Balaban J connectivity index is 1.64. The van der Waals surface area contributed by atoms with Gasteiger partial charge in [-0.1, -0.05) is 49.4 Å². The van der Waals surface area contributed by atoms with Gasteiger partial charge < -0.3 is 10.8 Å². The number of hydrogen-bond donors (Lipinski definition) is 3. The number of carbonyl (C=O) groups is 1. The van der Waals surface area contributed by atoms with Crippen LogP contribution in [0, 0.1) is 20.8 Å². The van der Waals surface area contributed by atoms with Crippen molar-refractivity contribution < 1.29 is 9.90 Å². The third-order valence-corrected chi connectivity index (χ3v) is 6.47. The Kier molecular flexibility index (Phi) is 6.98. The van der Waals surface area contributed by atoms with E-state index in [0.717, 1.165) is 22.3 Å². The van der Waals surface area contributed by atoms with Crippen LogP contribution < -0.4 is 11.3 Å². The van der Waals surface area contributed by atoms with E-state index in [0.29, 0.717) is 16.9 Å². The van der Waals surface area contributed by atoms with E-state index < -0.39 is 0 Å². The molecule has 0 saturated heterocycles. The number of phenolic OH excluding ortho intramolecular Hbond substituents is 1. The smallest absolute Gasteiger partial charge is 0.299 e. The van der Waals surface area contributed by atoms with Crippen molar-refractivity contribution in [2.75, 3.05) is 6.54 Å². The van der Waals surface area contributed by atoms with Crippen molar-refractivity contribution in [3.8, 4) is 22.6 Å². The average molecular weight is 484 g/mol. The Morgan fingerprint density at radius 1 is 1.03 bits per heavy atom. The minimum atomic E-state index is -0.327. The van der Waals surface area contributed by atoms with Gasteiger partial charge in [0.15, 0.2) is 17.2 Å². The number of ketones is 1. The zero-order valence-corrected chi connectivity index (χ0v) is 20.7. The summed E-state index contributed by atoms with van der Waals surface area (Å²) in [5.41, 5.74) is 11.2. The fourth-order valence-electron chi connectivity index (χ4n) is 3.96. The molecule has 1 aromatic heterocycles. The Hall–Kier alpha value is -4.30. The molecule has 0 saturated carbocycles. The zero-order chi connectivity index (χ0) is 26.0. The molecule has 0 radical (unpaired) electrons. The van der Waals surface area contributed by atoms with Crippen LogP contribution in [0.2, 0.25) is 0 Å². The van der Waals surface area contributed by atoms with Crippen LogP contribution in [0.3, 0.4) is 0 Å². The molecule has 8 heteroatoms. The minimum absolute atomic E-state index is 0.00684. The molecule has 3 aromatic carbocycles. The average Bonchev–Trinajstić information content (AvgIpc) is 3.17. The topological polar surface area (TPSA) is 126 Å². The summed E-state index contributed by atoms with van der Waals surface area (Å²) in [5.74, 6) is -0.386. The first-order chi connectivity index (χ1) is 17.2. The lowest BCUT2D eigenvalue weighted by Crippen LogP contribution is -2.19. The van der Waals surface area contributed by atoms with E-state index in [1.54, 1.807) is 25.1 Å². The molecule has 4 rings (SSSR count). The number of rotatable bonds is 7. The first-order valence-electron chi connectivity index (χ1n) is 11.7.